The third-order valence-corrected chi connectivity index (χ3v) is 6.79. The van der Waals surface area contributed by atoms with Crippen molar-refractivity contribution >= 4 is 0 Å². The Bertz CT molecular complexity index is 1260. The first-order valence-corrected chi connectivity index (χ1v) is 13.3. The number of benzene rings is 4. The highest BCUT2D eigenvalue weighted by molar-refractivity contribution is 5.47. The lowest BCUT2D eigenvalue weighted by molar-refractivity contribution is -0.270. The second-order valence-electron chi connectivity index (χ2n) is 9.78. The zero-order valence-corrected chi connectivity index (χ0v) is 22.4. The highest BCUT2D eigenvalue weighted by atomic mass is 16.7. The quantitative estimate of drug-likeness (QED) is 0.130. The summed E-state index contributed by atoms with van der Waals surface area (Å²) in [6.45, 7) is 4.60. The number of hydrogen-bond donors (Lipinski definition) is 0. The Morgan fingerprint density at radius 2 is 1.26 bits per heavy atom. The van der Waals surface area contributed by atoms with Gasteiger partial charge in [-0.25, -0.2) is 0 Å². The third kappa shape index (κ3) is 6.22. The fraction of sp³-hybridized carbons (Fsp3) is 0.229. The van der Waals surface area contributed by atoms with Gasteiger partial charge >= 0.3 is 0 Å². The molecule has 0 aliphatic carbocycles. The Labute approximate surface area is 231 Å². The van der Waals surface area contributed by atoms with E-state index in [1.54, 1.807) is 6.26 Å². The summed E-state index contributed by atoms with van der Waals surface area (Å²) < 4.78 is 25.8. The molecule has 1 fully saturated rings. The Hall–Kier alpha value is -3.92. The topological polar surface area (TPSA) is 36.9 Å². The van der Waals surface area contributed by atoms with E-state index in [0.717, 1.165) is 27.8 Å². The molecule has 4 heteroatoms. The second-order valence-corrected chi connectivity index (χ2v) is 9.78. The predicted molar refractivity (Wildman–Crippen MR) is 153 cm³/mol. The Kier molecular flexibility index (Phi) is 8.72. The normalized spacial score (nSPS) is 19.1. The van der Waals surface area contributed by atoms with E-state index in [4.69, 9.17) is 18.9 Å². The summed E-state index contributed by atoms with van der Waals surface area (Å²) in [5.41, 5.74) is 7.37. The van der Waals surface area contributed by atoms with Gasteiger partial charge in [0.15, 0.2) is 12.4 Å². The summed E-state index contributed by atoms with van der Waals surface area (Å²) in [5.74, 6) is 0. The van der Waals surface area contributed by atoms with Crippen LogP contribution in [0.15, 0.2) is 139 Å². The summed E-state index contributed by atoms with van der Waals surface area (Å²) in [6.07, 6.45) is 0.333. The van der Waals surface area contributed by atoms with Gasteiger partial charge < -0.3 is 18.9 Å². The first-order valence-electron chi connectivity index (χ1n) is 13.3. The molecule has 0 spiro atoms. The van der Waals surface area contributed by atoms with Gasteiger partial charge in [-0.3, -0.25) is 0 Å². The van der Waals surface area contributed by atoms with E-state index < -0.39 is 18.0 Å². The summed E-state index contributed by atoms with van der Waals surface area (Å²) in [4.78, 5) is 0. The molecule has 4 aromatic carbocycles. The van der Waals surface area contributed by atoms with Crippen molar-refractivity contribution in [3.05, 3.63) is 161 Å². The minimum Gasteiger partial charge on any atom is -0.485 e. The van der Waals surface area contributed by atoms with E-state index in [9.17, 15) is 0 Å². The molecule has 1 aliphatic heterocycles. The molecule has 0 bridgehead atoms. The fourth-order valence-electron chi connectivity index (χ4n) is 4.85. The molecule has 39 heavy (non-hydrogen) atoms. The van der Waals surface area contributed by atoms with Gasteiger partial charge in [-0.05, 0) is 36.1 Å². The summed E-state index contributed by atoms with van der Waals surface area (Å²) in [6, 6.07) is 41.0. The molecule has 3 atom stereocenters. The maximum Gasteiger partial charge on any atom is 0.184 e. The second kappa shape index (κ2) is 12.8. The maximum absolute atomic E-state index is 7.07. The lowest BCUT2D eigenvalue weighted by atomic mass is 9.80. The van der Waals surface area contributed by atoms with Crippen LogP contribution >= 0.6 is 0 Å². The lowest BCUT2D eigenvalue weighted by Crippen LogP contribution is -2.46. The molecule has 1 unspecified atom stereocenters. The lowest BCUT2D eigenvalue weighted by Gasteiger charge is -2.40. The number of ether oxygens (including phenoxy) is 4. The van der Waals surface area contributed by atoms with Gasteiger partial charge in [0, 0.05) is 5.56 Å². The van der Waals surface area contributed by atoms with Crippen LogP contribution in [0.4, 0.5) is 0 Å². The molecule has 198 valence electrons. The molecule has 0 saturated carbocycles. The molecule has 1 aliphatic rings. The summed E-state index contributed by atoms with van der Waals surface area (Å²) >= 11 is 0. The SMILES string of the molecule is CC(C)=C=CO[C@@H]1COC(c2ccccc2)O[C@H]1COC(c1ccccc1)(c1ccccc1)c1ccccc1. The van der Waals surface area contributed by atoms with E-state index >= 15 is 0 Å². The highest BCUT2D eigenvalue weighted by Gasteiger charge is 2.41. The molecule has 1 heterocycles. The van der Waals surface area contributed by atoms with Gasteiger partial charge in [-0.15, -0.1) is 0 Å². The summed E-state index contributed by atoms with van der Waals surface area (Å²) in [7, 11) is 0. The third-order valence-electron chi connectivity index (χ3n) is 6.79. The molecule has 0 radical (unpaired) electrons. The average molecular weight is 519 g/mol. The van der Waals surface area contributed by atoms with Gasteiger partial charge in [0.1, 0.15) is 18.0 Å². The average Bonchev–Trinajstić information content (AvgIpc) is 3.00. The van der Waals surface area contributed by atoms with Crippen LogP contribution < -0.4 is 0 Å². The van der Waals surface area contributed by atoms with Gasteiger partial charge in [0.05, 0.1) is 13.2 Å². The van der Waals surface area contributed by atoms with Crippen LogP contribution in [0.25, 0.3) is 0 Å². The van der Waals surface area contributed by atoms with Crippen LogP contribution in [0.3, 0.4) is 0 Å². The molecule has 4 nitrogen and oxygen atoms in total. The van der Waals surface area contributed by atoms with Crippen LogP contribution in [-0.2, 0) is 24.5 Å². The molecule has 0 N–H and O–H groups in total. The molecule has 0 aromatic heterocycles. The number of rotatable bonds is 9. The van der Waals surface area contributed by atoms with E-state index in [1.165, 1.54) is 0 Å². The van der Waals surface area contributed by atoms with Crippen molar-refractivity contribution in [1.29, 1.82) is 0 Å². The van der Waals surface area contributed by atoms with Gasteiger partial charge in [0.2, 0.25) is 0 Å². The molecular weight excluding hydrogens is 484 g/mol. The molecule has 1 saturated heterocycles. The molecule has 0 amide bonds. The zero-order chi connectivity index (χ0) is 26.9. The van der Waals surface area contributed by atoms with Gasteiger partial charge in [0.25, 0.3) is 0 Å². The van der Waals surface area contributed by atoms with Crippen molar-refractivity contribution in [2.45, 2.75) is 37.9 Å². The zero-order valence-electron chi connectivity index (χ0n) is 22.4. The standard InChI is InChI=1S/C35H34O4/c1-27(2)23-24-36-32-25-37-34(28-15-7-3-8-16-28)39-33(32)26-38-35(29-17-9-4-10-18-29,30-19-11-5-12-20-30)31-21-13-6-14-22-31/h3-22,24,32-34H,25-26H2,1-2H3/t32-,33+,34?/m1/s1. The van der Waals surface area contributed by atoms with Crippen molar-refractivity contribution < 1.29 is 18.9 Å². The highest BCUT2D eigenvalue weighted by Crippen LogP contribution is 2.41. The van der Waals surface area contributed by atoms with Crippen LogP contribution in [0.2, 0.25) is 0 Å². The van der Waals surface area contributed by atoms with E-state index in [0.29, 0.717) is 6.61 Å². The maximum atomic E-state index is 7.07. The Morgan fingerprint density at radius 3 is 1.74 bits per heavy atom. The van der Waals surface area contributed by atoms with Crippen molar-refractivity contribution in [1.82, 2.24) is 0 Å². The largest absolute Gasteiger partial charge is 0.485 e. The molecular formula is C35H34O4. The van der Waals surface area contributed by atoms with Crippen molar-refractivity contribution in [3.63, 3.8) is 0 Å². The van der Waals surface area contributed by atoms with Crippen LogP contribution in [-0.4, -0.2) is 25.4 Å². The van der Waals surface area contributed by atoms with Gasteiger partial charge in [-0.1, -0.05) is 127 Å². The van der Waals surface area contributed by atoms with Crippen LogP contribution in [0.1, 0.15) is 42.4 Å². The van der Waals surface area contributed by atoms with E-state index in [1.807, 2.05) is 98.8 Å². The number of allylic oxidation sites excluding steroid dienone is 1. The van der Waals surface area contributed by atoms with Crippen LogP contribution in [0, 0.1) is 0 Å². The Morgan fingerprint density at radius 1 is 0.769 bits per heavy atom. The van der Waals surface area contributed by atoms with Crippen molar-refractivity contribution in [3.8, 4) is 0 Å². The molecule has 5 rings (SSSR count). The van der Waals surface area contributed by atoms with Gasteiger partial charge in [-0.2, -0.15) is 0 Å². The van der Waals surface area contributed by atoms with Crippen molar-refractivity contribution in [2.75, 3.05) is 13.2 Å². The first kappa shape index (κ1) is 26.7. The minimum atomic E-state index is -0.853. The van der Waals surface area contributed by atoms with E-state index in [-0.39, 0.29) is 12.7 Å². The molecule has 4 aromatic rings. The van der Waals surface area contributed by atoms with Crippen molar-refractivity contribution in [2.24, 2.45) is 0 Å². The fourth-order valence-corrected chi connectivity index (χ4v) is 4.85. The minimum absolute atomic E-state index is 0.276. The number of hydrogen-bond acceptors (Lipinski definition) is 4. The van der Waals surface area contributed by atoms with E-state index in [2.05, 4.69) is 42.1 Å². The van der Waals surface area contributed by atoms with Crippen LogP contribution in [0.5, 0.6) is 0 Å². The monoisotopic (exact) mass is 518 g/mol. The summed E-state index contributed by atoms with van der Waals surface area (Å²) in [5, 5.41) is 0. The predicted octanol–water partition coefficient (Wildman–Crippen LogP) is 7.57. The Balaban J connectivity index is 1.53. The smallest absolute Gasteiger partial charge is 0.184 e. The first-order chi connectivity index (χ1) is 19.2.